The molecule has 0 aliphatic carbocycles. The average Bonchev–Trinajstić information content (AvgIpc) is 3.23. The summed E-state index contributed by atoms with van der Waals surface area (Å²) in [7, 11) is 6.62. The monoisotopic (exact) mass is 456 g/mol. The zero-order valence-corrected chi connectivity index (χ0v) is 20.2. The predicted molar refractivity (Wildman–Crippen MR) is 128 cm³/mol. The van der Waals surface area contributed by atoms with E-state index in [1.807, 2.05) is 35.2 Å². The summed E-state index contributed by atoms with van der Waals surface area (Å²) >= 11 is 0. The van der Waals surface area contributed by atoms with E-state index < -0.39 is 0 Å². The number of carbonyl (C=O) groups excluding carboxylic acids is 1. The van der Waals surface area contributed by atoms with Crippen LogP contribution in [-0.2, 0) is 20.8 Å². The highest BCUT2D eigenvalue weighted by Crippen LogP contribution is 2.39. The fourth-order valence-electron chi connectivity index (χ4n) is 4.69. The number of hydrogen-bond donors (Lipinski definition) is 0. The summed E-state index contributed by atoms with van der Waals surface area (Å²) in [5.41, 5.74) is 2.34. The smallest absolute Gasteiger partial charge is 0.248 e. The summed E-state index contributed by atoms with van der Waals surface area (Å²) in [4.78, 5) is 17.1. The molecule has 7 nitrogen and oxygen atoms in total. The van der Waals surface area contributed by atoms with Crippen molar-refractivity contribution in [3.05, 3.63) is 59.7 Å². The molecule has 2 aromatic carbocycles. The van der Waals surface area contributed by atoms with Gasteiger partial charge in [-0.15, -0.1) is 0 Å². The van der Waals surface area contributed by atoms with E-state index in [0.717, 1.165) is 36.7 Å². The maximum Gasteiger partial charge on any atom is 0.248 e. The van der Waals surface area contributed by atoms with Crippen LogP contribution in [0.3, 0.4) is 0 Å². The Morgan fingerprint density at radius 3 is 2.33 bits per heavy atom. The molecule has 1 fully saturated rings. The molecule has 3 rings (SSSR count). The highest BCUT2D eigenvalue weighted by atomic mass is 16.5. The molecule has 1 heterocycles. The van der Waals surface area contributed by atoms with Crippen LogP contribution in [-0.4, -0.2) is 83.5 Å². The molecule has 2 aromatic rings. The molecule has 0 spiro atoms. The van der Waals surface area contributed by atoms with Gasteiger partial charge in [0.1, 0.15) is 18.1 Å². The number of para-hydroxylation sites is 2. The lowest BCUT2D eigenvalue weighted by Gasteiger charge is -2.29. The maximum atomic E-state index is 12.7. The Labute approximate surface area is 197 Å². The molecule has 180 valence electrons. The number of likely N-dealkylation sites (tertiary alicyclic amines) is 1. The molecule has 1 amide bonds. The molecule has 0 radical (unpaired) electrons. The third-order valence-electron chi connectivity index (χ3n) is 6.28. The Balaban J connectivity index is 1.86. The zero-order valence-electron chi connectivity index (χ0n) is 20.2. The first-order valence-corrected chi connectivity index (χ1v) is 11.3. The standard InChI is InChI=1S/C26H36N2O5/c1-30-14-13-28(26(29)19-31-2)17-21-16-27(15-20-9-5-7-11-24(20)32-3)18-23(21)22-10-6-8-12-25(22)33-4/h5-12,21,23H,13-19H2,1-4H3/t21-,23-/m1/s1. The van der Waals surface area contributed by atoms with Crippen molar-refractivity contribution in [1.82, 2.24) is 9.80 Å². The van der Waals surface area contributed by atoms with Gasteiger partial charge in [0.05, 0.1) is 20.8 Å². The van der Waals surface area contributed by atoms with E-state index in [9.17, 15) is 4.79 Å². The molecule has 0 saturated carbocycles. The second kappa shape index (κ2) is 12.6. The quantitative estimate of drug-likeness (QED) is 0.489. The Bertz CT molecular complexity index is 890. The van der Waals surface area contributed by atoms with E-state index in [1.54, 1.807) is 28.4 Å². The van der Waals surface area contributed by atoms with Crippen LogP contribution in [0.2, 0.25) is 0 Å². The lowest BCUT2D eigenvalue weighted by molar-refractivity contribution is -0.136. The summed E-state index contributed by atoms with van der Waals surface area (Å²) in [6, 6.07) is 16.3. The minimum atomic E-state index is -0.0171. The van der Waals surface area contributed by atoms with Gasteiger partial charge in [-0.25, -0.2) is 0 Å². The molecule has 1 saturated heterocycles. The Kier molecular flexibility index (Phi) is 9.54. The van der Waals surface area contributed by atoms with Crippen molar-refractivity contribution in [2.75, 3.05) is 67.8 Å². The van der Waals surface area contributed by atoms with Crippen LogP contribution >= 0.6 is 0 Å². The molecule has 2 atom stereocenters. The Hall–Kier alpha value is -2.61. The van der Waals surface area contributed by atoms with Gasteiger partial charge in [-0.05, 0) is 23.6 Å². The topological polar surface area (TPSA) is 60.5 Å². The fourth-order valence-corrected chi connectivity index (χ4v) is 4.69. The number of benzene rings is 2. The van der Waals surface area contributed by atoms with Gasteiger partial charge in [-0.2, -0.15) is 0 Å². The Morgan fingerprint density at radius 1 is 0.939 bits per heavy atom. The van der Waals surface area contributed by atoms with Gasteiger partial charge < -0.3 is 23.8 Å². The largest absolute Gasteiger partial charge is 0.496 e. The van der Waals surface area contributed by atoms with E-state index in [4.69, 9.17) is 18.9 Å². The van der Waals surface area contributed by atoms with Gasteiger partial charge in [0.2, 0.25) is 5.91 Å². The number of methoxy groups -OCH3 is 4. The molecule has 1 aliphatic rings. The van der Waals surface area contributed by atoms with Crippen LogP contribution in [0, 0.1) is 5.92 Å². The van der Waals surface area contributed by atoms with Crippen LogP contribution in [0.25, 0.3) is 0 Å². The summed E-state index contributed by atoms with van der Waals surface area (Å²) in [6.07, 6.45) is 0. The maximum absolute atomic E-state index is 12.7. The first-order chi connectivity index (χ1) is 16.1. The summed E-state index contributed by atoms with van der Waals surface area (Å²) in [6.45, 7) is 4.27. The van der Waals surface area contributed by atoms with Crippen molar-refractivity contribution in [2.45, 2.75) is 12.5 Å². The molecule has 0 unspecified atom stereocenters. The molecule has 7 heteroatoms. The van der Waals surface area contributed by atoms with E-state index in [0.29, 0.717) is 19.7 Å². The van der Waals surface area contributed by atoms with Crippen molar-refractivity contribution < 1.29 is 23.7 Å². The minimum Gasteiger partial charge on any atom is -0.496 e. The summed E-state index contributed by atoms with van der Waals surface area (Å²) in [5, 5.41) is 0. The number of hydrogen-bond acceptors (Lipinski definition) is 6. The van der Waals surface area contributed by atoms with E-state index in [1.165, 1.54) is 5.56 Å². The van der Waals surface area contributed by atoms with Crippen molar-refractivity contribution >= 4 is 5.91 Å². The zero-order chi connectivity index (χ0) is 23.6. The molecular weight excluding hydrogens is 420 g/mol. The van der Waals surface area contributed by atoms with Gasteiger partial charge in [0, 0.05) is 58.4 Å². The number of rotatable bonds is 12. The molecule has 0 aromatic heterocycles. The number of nitrogens with zero attached hydrogens (tertiary/aromatic N) is 2. The molecule has 0 N–H and O–H groups in total. The van der Waals surface area contributed by atoms with Crippen LogP contribution < -0.4 is 9.47 Å². The number of carbonyl (C=O) groups is 1. The van der Waals surface area contributed by atoms with Crippen LogP contribution in [0.1, 0.15) is 17.0 Å². The first kappa shape index (κ1) is 25.0. The third kappa shape index (κ3) is 6.47. The Morgan fingerprint density at radius 2 is 1.64 bits per heavy atom. The van der Waals surface area contributed by atoms with Crippen LogP contribution in [0.5, 0.6) is 11.5 Å². The highest BCUT2D eigenvalue weighted by Gasteiger charge is 2.37. The fraction of sp³-hybridized carbons (Fsp3) is 0.500. The highest BCUT2D eigenvalue weighted by molar-refractivity contribution is 5.77. The van der Waals surface area contributed by atoms with E-state index >= 15 is 0 Å². The van der Waals surface area contributed by atoms with Gasteiger partial charge >= 0.3 is 0 Å². The predicted octanol–water partition coefficient (Wildman–Crippen LogP) is 3.04. The molecule has 0 bridgehead atoms. The van der Waals surface area contributed by atoms with Crippen molar-refractivity contribution in [2.24, 2.45) is 5.92 Å². The van der Waals surface area contributed by atoms with E-state index in [2.05, 4.69) is 23.1 Å². The van der Waals surface area contributed by atoms with Gasteiger partial charge in [-0.3, -0.25) is 9.69 Å². The second-order valence-corrected chi connectivity index (χ2v) is 8.38. The SMILES string of the molecule is COCCN(C[C@H]1CN(Cc2ccccc2OC)C[C@H]1c1ccccc1OC)C(=O)COC. The summed E-state index contributed by atoms with van der Waals surface area (Å²) in [5.74, 6) is 2.24. The molecule has 1 aliphatic heterocycles. The van der Waals surface area contributed by atoms with Gasteiger partial charge in [0.15, 0.2) is 0 Å². The van der Waals surface area contributed by atoms with Crippen molar-refractivity contribution in [3.63, 3.8) is 0 Å². The van der Waals surface area contributed by atoms with Gasteiger partial charge in [-0.1, -0.05) is 36.4 Å². The normalized spacial score (nSPS) is 18.3. The van der Waals surface area contributed by atoms with Crippen LogP contribution in [0.15, 0.2) is 48.5 Å². The summed E-state index contributed by atoms with van der Waals surface area (Å²) < 4.78 is 21.6. The average molecular weight is 457 g/mol. The first-order valence-electron chi connectivity index (χ1n) is 11.3. The van der Waals surface area contributed by atoms with Crippen LogP contribution in [0.4, 0.5) is 0 Å². The molecular formula is C26H36N2O5. The minimum absolute atomic E-state index is 0.0171. The number of ether oxygens (including phenoxy) is 4. The third-order valence-corrected chi connectivity index (χ3v) is 6.28. The van der Waals surface area contributed by atoms with Crippen molar-refractivity contribution in [1.29, 1.82) is 0 Å². The lowest BCUT2D eigenvalue weighted by Crippen LogP contribution is -2.41. The van der Waals surface area contributed by atoms with E-state index in [-0.39, 0.29) is 24.3 Å². The lowest BCUT2D eigenvalue weighted by atomic mass is 9.88. The number of amides is 1. The van der Waals surface area contributed by atoms with Gasteiger partial charge in [0.25, 0.3) is 0 Å². The second-order valence-electron chi connectivity index (χ2n) is 8.38. The van der Waals surface area contributed by atoms with Crippen molar-refractivity contribution in [3.8, 4) is 11.5 Å². The molecule has 33 heavy (non-hydrogen) atoms.